The molecule has 0 aromatic carbocycles. The van der Waals surface area contributed by atoms with Gasteiger partial charge in [-0.25, -0.2) is 4.79 Å². The Balaban J connectivity index is 2.95. The topological polar surface area (TPSA) is 94.9 Å². The molecule has 0 radical (unpaired) electrons. The lowest BCUT2D eigenvalue weighted by Gasteiger charge is -2.33. The summed E-state index contributed by atoms with van der Waals surface area (Å²) in [5.74, 6) is -3.54. The fourth-order valence-corrected chi connectivity index (χ4v) is 2.21. The van der Waals surface area contributed by atoms with E-state index in [0.29, 0.717) is 0 Å². The molecule has 0 spiro atoms. The monoisotopic (exact) mass is 261 g/mol. The van der Waals surface area contributed by atoms with Crippen molar-refractivity contribution in [2.24, 2.45) is 5.92 Å². The average Bonchev–Trinajstić information content (AvgIpc) is 2.45. The second-order valence-electron chi connectivity index (χ2n) is 4.68. The molecular formula is C10H15NO5S. The first kappa shape index (κ1) is 13.8. The van der Waals surface area contributed by atoms with Crippen molar-refractivity contribution in [1.29, 1.82) is 0 Å². The van der Waals surface area contributed by atoms with Crippen LogP contribution in [0.1, 0.15) is 20.3 Å². The van der Waals surface area contributed by atoms with Crippen LogP contribution in [0.15, 0.2) is 0 Å². The fourth-order valence-electron chi connectivity index (χ4n) is 1.96. The number of carbonyl (C=O) groups is 3. The number of rotatable bonds is 4. The van der Waals surface area contributed by atoms with Crippen LogP contribution < -0.4 is 0 Å². The van der Waals surface area contributed by atoms with Gasteiger partial charge < -0.3 is 15.1 Å². The lowest BCUT2D eigenvalue weighted by atomic mass is 10.0. The molecule has 1 rings (SSSR count). The molecular weight excluding hydrogens is 246 g/mol. The Kier molecular flexibility index (Phi) is 3.71. The first-order chi connectivity index (χ1) is 7.64. The largest absolute Gasteiger partial charge is 0.481 e. The molecule has 2 atom stereocenters. The first-order valence-corrected chi connectivity index (χ1v) is 5.56. The van der Waals surface area contributed by atoms with Crippen LogP contribution in [0.3, 0.4) is 0 Å². The third-order valence-electron chi connectivity index (χ3n) is 2.72. The number of carbonyl (C=O) groups excluding carboxylic acids is 1. The summed E-state index contributed by atoms with van der Waals surface area (Å²) in [4.78, 5) is 34.7. The molecule has 0 aromatic rings. The third-order valence-corrected chi connectivity index (χ3v) is 2.97. The molecule has 1 unspecified atom stereocenters. The smallest absolute Gasteiger partial charge is 0.327 e. The van der Waals surface area contributed by atoms with Crippen LogP contribution >= 0.6 is 12.6 Å². The minimum Gasteiger partial charge on any atom is -0.481 e. The Morgan fingerprint density at radius 1 is 1.47 bits per heavy atom. The number of thiol groups is 1. The van der Waals surface area contributed by atoms with Crippen LogP contribution in [-0.4, -0.2) is 50.3 Å². The van der Waals surface area contributed by atoms with Crippen molar-refractivity contribution in [1.82, 2.24) is 4.90 Å². The summed E-state index contributed by atoms with van der Waals surface area (Å²) in [5.41, 5.74) is 0. The Morgan fingerprint density at radius 3 is 2.29 bits per heavy atom. The van der Waals surface area contributed by atoms with E-state index < -0.39 is 34.6 Å². The Morgan fingerprint density at radius 2 is 2.00 bits per heavy atom. The van der Waals surface area contributed by atoms with Crippen molar-refractivity contribution in [3.63, 3.8) is 0 Å². The first-order valence-electron chi connectivity index (χ1n) is 5.12. The van der Waals surface area contributed by atoms with Gasteiger partial charge in [-0.15, -0.1) is 0 Å². The molecule has 96 valence electrons. The summed E-state index contributed by atoms with van der Waals surface area (Å²) in [7, 11) is 0. The molecule has 0 aromatic heterocycles. The van der Waals surface area contributed by atoms with Gasteiger partial charge in [0.15, 0.2) is 0 Å². The average molecular weight is 261 g/mol. The maximum Gasteiger partial charge on any atom is 0.327 e. The molecule has 6 nitrogen and oxygen atoms in total. The van der Waals surface area contributed by atoms with Gasteiger partial charge in [0.1, 0.15) is 6.04 Å². The van der Waals surface area contributed by atoms with Gasteiger partial charge in [0.2, 0.25) is 5.91 Å². The van der Waals surface area contributed by atoms with Crippen molar-refractivity contribution in [2.75, 3.05) is 6.54 Å². The zero-order chi connectivity index (χ0) is 13.4. The van der Waals surface area contributed by atoms with E-state index in [-0.39, 0.29) is 13.0 Å². The number of hydrogen-bond acceptors (Lipinski definition) is 4. The van der Waals surface area contributed by atoms with Gasteiger partial charge in [0.05, 0.1) is 5.92 Å². The van der Waals surface area contributed by atoms with Crippen molar-refractivity contribution < 1.29 is 24.6 Å². The fraction of sp³-hybridized carbons (Fsp3) is 0.700. The lowest BCUT2D eigenvalue weighted by molar-refractivity contribution is -0.149. The minimum absolute atomic E-state index is 0.0743. The third kappa shape index (κ3) is 2.91. The van der Waals surface area contributed by atoms with E-state index in [4.69, 9.17) is 10.2 Å². The summed E-state index contributed by atoms with van der Waals surface area (Å²) >= 11 is 4.16. The molecule has 1 fully saturated rings. The van der Waals surface area contributed by atoms with E-state index in [0.717, 1.165) is 4.90 Å². The molecule has 0 aliphatic carbocycles. The van der Waals surface area contributed by atoms with Crippen molar-refractivity contribution in [2.45, 2.75) is 31.1 Å². The standard InChI is InChI=1S/C10H15NO5S/c1-10(2,17)7(9(15)16)11-4-5(8(13)14)3-6(11)12/h5,7,17H,3-4H2,1-2H3,(H,13,14)(H,15,16)/t5?,7-/m1/s1. The van der Waals surface area contributed by atoms with Crippen LogP contribution in [-0.2, 0) is 14.4 Å². The number of hydrogen-bond donors (Lipinski definition) is 3. The quantitative estimate of drug-likeness (QED) is 0.623. The molecule has 1 aliphatic heterocycles. The SMILES string of the molecule is CC(C)(S)[C@@H](C(=O)O)N1CC(C(=O)O)CC1=O. The molecule has 1 saturated heterocycles. The molecule has 2 N–H and O–H groups in total. The Bertz CT molecular complexity index is 362. The van der Waals surface area contributed by atoms with Crippen LogP contribution in [0.4, 0.5) is 0 Å². The number of carboxylic acid groups (broad SMARTS) is 2. The Labute approximate surface area is 104 Å². The van der Waals surface area contributed by atoms with Gasteiger partial charge in [-0.2, -0.15) is 12.6 Å². The number of nitrogens with zero attached hydrogens (tertiary/aromatic N) is 1. The lowest BCUT2D eigenvalue weighted by Crippen LogP contribution is -2.52. The van der Waals surface area contributed by atoms with Crippen LogP contribution in [0.25, 0.3) is 0 Å². The molecule has 0 saturated carbocycles. The highest BCUT2D eigenvalue weighted by Gasteiger charge is 2.45. The molecule has 7 heteroatoms. The highest BCUT2D eigenvalue weighted by molar-refractivity contribution is 7.81. The Hall–Kier alpha value is -1.24. The zero-order valence-corrected chi connectivity index (χ0v) is 10.5. The highest BCUT2D eigenvalue weighted by atomic mass is 32.1. The van der Waals surface area contributed by atoms with Crippen molar-refractivity contribution in [3.05, 3.63) is 0 Å². The van der Waals surface area contributed by atoms with Gasteiger partial charge >= 0.3 is 11.9 Å². The van der Waals surface area contributed by atoms with E-state index in [1.807, 2.05) is 0 Å². The summed E-state index contributed by atoms with van der Waals surface area (Å²) < 4.78 is -0.936. The van der Waals surface area contributed by atoms with E-state index in [1.54, 1.807) is 13.8 Å². The van der Waals surface area contributed by atoms with Crippen molar-refractivity contribution in [3.8, 4) is 0 Å². The number of aliphatic carboxylic acids is 2. The number of amides is 1. The van der Waals surface area contributed by atoms with Crippen LogP contribution in [0.2, 0.25) is 0 Å². The minimum atomic E-state index is -1.18. The molecule has 1 aliphatic rings. The van der Waals surface area contributed by atoms with Gasteiger partial charge in [-0.1, -0.05) is 0 Å². The summed E-state index contributed by atoms with van der Waals surface area (Å²) in [6.07, 6.45) is -0.150. The molecule has 0 bridgehead atoms. The number of carboxylic acids is 2. The maximum atomic E-state index is 11.6. The van der Waals surface area contributed by atoms with Gasteiger partial charge in [-0.05, 0) is 13.8 Å². The summed E-state index contributed by atoms with van der Waals surface area (Å²) in [6.45, 7) is 3.08. The molecule has 1 heterocycles. The normalized spacial score (nSPS) is 22.6. The number of likely N-dealkylation sites (tertiary alicyclic amines) is 1. The van der Waals surface area contributed by atoms with Gasteiger partial charge in [0, 0.05) is 17.7 Å². The summed E-state index contributed by atoms with van der Waals surface area (Å²) in [6, 6.07) is -1.12. The van der Waals surface area contributed by atoms with E-state index in [1.165, 1.54) is 0 Å². The van der Waals surface area contributed by atoms with Crippen LogP contribution in [0, 0.1) is 5.92 Å². The molecule has 1 amide bonds. The van der Waals surface area contributed by atoms with E-state index in [9.17, 15) is 14.4 Å². The maximum absolute atomic E-state index is 11.6. The van der Waals surface area contributed by atoms with Crippen molar-refractivity contribution >= 4 is 30.5 Å². The van der Waals surface area contributed by atoms with E-state index >= 15 is 0 Å². The van der Waals surface area contributed by atoms with E-state index in [2.05, 4.69) is 12.6 Å². The van der Waals surface area contributed by atoms with Crippen LogP contribution in [0.5, 0.6) is 0 Å². The highest BCUT2D eigenvalue weighted by Crippen LogP contribution is 2.29. The second kappa shape index (κ2) is 4.56. The zero-order valence-electron chi connectivity index (χ0n) is 9.58. The second-order valence-corrected chi connectivity index (χ2v) is 5.83. The summed E-state index contributed by atoms with van der Waals surface area (Å²) in [5, 5.41) is 17.9. The van der Waals surface area contributed by atoms with Gasteiger partial charge in [0.25, 0.3) is 0 Å². The molecule has 17 heavy (non-hydrogen) atoms. The van der Waals surface area contributed by atoms with Gasteiger partial charge in [-0.3, -0.25) is 9.59 Å². The predicted molar refractivity (Wildman–Crippen MR) is 61.9 cm³/mol. The predicted octanol–water partition coefficient (Wildman–Crippen LogP) is 0.0811.